The molecule has 0 aromatic heterocycles. The largest absolute Gasteiger partial charge is 0.455 e. The first-order valence-electron chi connectivity index (χ1n) is 8.44. The maximum Gasteiger partial charge on any atom is 0.312 e. The first kappa shape index (κ1) is 19.0. The number of carbonyl (C=O) groups is 2. The SMILES string of the molecule is CCC(C)(C)C(=O)OC1(C(C)(C)OC(=O)C(C)C)CCCC1. The van der Waals surface area contributed by atoms with Crippen LogP contribution in [0, 0.1) is 11.3 Å². The molecule has 0 aromatic rings. The molecule has 0 aliphatic heterocycles. The summed E-state index contributed by atoms with van der Waals surface area (Å²) < 4.78 is 11.7. The van der Waals surface area contributed by atoms with E-state index in [9.17, 15) is 9.59 Å². The highest BCUT2D eigenvalue weighted by Crippen LogP contribution is 2.45. The van der Waals surface area contributed by atoms with Gasteiger partial charge in [0.15, 0.2) is 5.60 Å². The molecule has 0 N–H and O–H groups in total. The van der Waals surface area contributed by atoms with Crippen LogP contribution in [0.3, 0.4) is 0 Å². The lowest BCUT2D eigenvalue weighted by Crippen LogP contribution is -2.55. The summed E-state index contributed by atoms with van der Waals surface area (Å²) in [6.45, 7) is 13.1. The van der Waals surface area contributed by atoms with Crippen molar-refractivity contribution in [3.63, 3.8) is 0 Å². The van der Waals surface area contributed by atoms with Gasteiger partial charge in [-0.2, -0.15) is 0 Å². The zero-order valence-electron chi connectivity index (χ0n) is 15.2. The molecule has 1 fully saturated rings. The van der Waals surface area contributed by atoms with Gasteiger partial charge < -0.3 is 9.47 Å². The molecule has 0 bridgehead atoms. The molecule has 0 amide bonds. The Labute approximate surface area is 134 Å². The lowest BCUT2D eigenvalue weighted by Gasteiger charge is -2.44. The van der Waals surface area contributed by atoms with E-state index in [4.69, 9.17) is 9.47 Å². The maximum absolute atomic E-state index is 12.6. The van der Waals surface area contributed by atoms with Crippen LogP contribution in [0.5, 0.6) is 0 Å². The molecule has 0 unspecified atom stereocenters. The fourth-order valence-electron chi connectivity index (χ4n) is 2.70. The van der Waals surface area contributed by atoms with Gasteiger partial charge in [-0.3, -0.25) is 9.59 Å². The summed E-state index contributed by atoms with van der Waals surface area (Å²) in [6.07, 6.45) is 4.19. The molecule has 1 aliphatic rings. The van der Waals surface area contributed by atoms with E-state index >= 15 is 0 Å². The summed E-state index contributed by atoms with van der Waals surface area (Å²) >= 11 is 0. The third-order valence-corrected chi connectivity index (χ3v) is 5.06. The van der Waals surface area contributed by atoms with Crippen LogP contribution in [0.15, 0.2) is 0 Å². The Balaban J connectivity index is 3.00. The van der Waals surface area contributed by atoms with E-state index in [1.54, 1.807) is 0 Å². The van der Waals surface area contributed by atoms with Crippen molar-refractivity contribution in [2.75, 3.05) is 0 Å². The highest BCUT2D eigenvalue weighted by atomic mass is 16.6. The minimum atomic E-state index is -0.815. The van der Waals surface area contributed by atoms with E-state index in [-0.39, 0.29) is 17.9 Å². The van der Waals surface area contributed by atoms with Crippen molar-refractivity contribution in [3.8, 4) is 0 Å². The number of hydrogen-bond donors (Lipinski definition) is 0. The summed E-state index contributed by atoms with van der Waals surface area (Å²) in [6, 6.07) is 0. The third-order valence-electron chi connectivity index (χ3n) is 5.06. The highest BCUT2D eigenvalue weighted by Gasteiger charge is 2.54. The maximum atomic E-state index is 12.6. The van der Waals surface area contributed by atoms with Crippen LogP contribution in [0.25, 0.3) is 0 Å². The van der Waals surface area contributed by atoms with E-state index in [1.165, 1.54) is 0 Å². The monoisotopic (exact) mass is 312 g/mol. The number of hydrogen-bond acceptors (Lipinski definition) is 4. The van der Waals surface area contributed by atoms with E-state index in [1.807, 2.05) is 48.5 Å². The normalized spacial score (nSPS) is 18.4. The predicted octanol–water partition coefficient (Wildman–Crippen LogP) is 4.26. The predicted molar refractivity (Wildman–Crippen MR) is 86.4 cm³/mol. The average molecular weight is 312 g/mol. The van der Waals surface area contributed by atoms with Gasteiger partial charge in [0, 0.05) is 0 Å². The van der Waals surface area contributed by atoms with Crippen LogP contribution < -0.4 is 0 Å². The topological polar surface area (TPSA) is 52.6 Å². The van der Waals surface area contributed by atoms with Gasteiger partial charge in [-0.15, -0.1) is 0 Å². The zero-order valence-corrected chi connectivity index (χ0v) is 15.2. The Hall–Kier alpha value is -1.06. The minimum absolute atomic E-state index is 0.194. The molecular weight excluding hydrogens is 280 g/mol. The smallest absolute Gasteiger partial charge is 0.312 e. The van der Waals surface area contributed by atoms with Gasteiger partial charge in [0.1, 0.15) is 5.60 Å². The van der Waals surface area contributed by atoms with Crippen molar-refractivity contribution < 1.29 is 19.1 Å². The van der Waals surface area contributed by atoms with Crippen LogP contribution in [-0.2, 0) is 19.1 Å². The summed E-state index contributed by atoms with van der Waals surface area (Å²) in [5, 5.41) is 0. The van der Waals surface area contributed by atoms with Crippen LogP contribution in [-0.4, -0.2) is 23.1 Å². The van der Waals surface area contributed by atoms with Gasteiger partial charge in [0.05, 0.1) is 11.3 Å². The van der Waals surface area contributed by atoms with Crippen molar-refractivity contribution >= 4 is 11.9 Å². The molecule has 128 valence electrons. The fraction of sp³-hybridized carbons (Fsp3) is 0.889. The molecule has 0 saturated heterocycles. The highest BCUT2D eigenvalue weighted by molar-refractivity contribution is 5.76. The number of ether oxygens (including phenoxy) is 2. The van der Waals surface area contributed by atoms with Crippen molar-refractivity contribution in [1.29, 1.82) is 0 Å². The molecule has 4 heteroatoms. The molecule has 1 rings (SSSR count). The molecule has 22 heavy (non-hydrogen) atoms. The van der Waals surface area contributed by atoms with Crippen molar-refractivity contribution in [2.45, 2.75) is 91.8 Å². The standard InChI is InChI=1S/C18H32O4/c1-8-16(4,5)15(20)22-18(11-9-10-12-18)17(6,7)21-14(19)13(2)3/h13H,8-12H2,1-7H3. The summed E-state index contributed by atoms with van der Waals surface area (Å²) in [5.41, 5.74) is -2.04. The Morgan fingerprint density at radius 3 is 2.00 bits per heavy atom. The fourth-order valence-corrected chi connectivity index (χ4v) is 2.70. The van der Waals surface area contributed by atoms with Crippen molar-refractivity contribution in [3.05, 3.63) is 0 Å². The van der Waals surface area contributed by atoms with Gasteiger partial charge >= 0.3 is 11.9 Å². The Kier molecular flexibility index (Phi) is 5.69. The van der Waals surface area contributed by atoms with Gasteiger partial charge in [0.2, 0.25) is 0 Å². The molecule has 0 heterocycles. The number of esters is 2. The van der Waals surface area contributed by atoms with Crippen molar-refractivity contribution in [1.82, 2.24) is 0 Å². The van der Waals surface area contributed by atoms with Crippen LogP contribution in [0.2, 0.25) is 0 Å². The second kappa shape index (κ2) is 6.59. The van der Waals surface area contributed by atoms with E-state index in [2.05, 4.69) is 0 Å². The Morgan fingerprint density at radius 2 is 1.59 bits per heavy atom. The van der Waals surface area contributed by atoms with Crippen LogP contribution in [0.1, 0.15) is 80.6 Å². The lowest BCUT2D eigenvalue weighted by molar-refractivity contribution is -0.213. The summed E-state index contributed by atoms with van der Waals surface area (Å²) in [7, 11) is 0. The third kappa shape index (κ3) is 3.82. The van der Waals surface area contributed by atoms with E-state index in [0.29, 0.717) is 6.42 Å². The second-order valence-corrected chi connectivity index (χ2v) is 7.91. The van der Waals surface area contributed by atoms with Gasteiger partial charge in [0.25, 0.3) is 0 Å². The molecule has 0 spiro atoms. The second-order valence-electron chi connectivity index (χ2n) is 7.91. The molecule has 4 nitrogen and oxygen atoms in total. The van der Waals surface area contributed by atoms with Crippen LogP contribution >= 0.6 is 0 Å². The van der Waals surface area contributed by atoms with Gasteiger partial charge in [-0.1, -0.05) is 20.8 Å². The zero-order chi connectivity index (χ0) is 17.2. The molecule has 0 atom stereocenters. The Bertz CT molecular complexity index is 415. The number of rotatable bonds is 6. The first-order chi connectivity index (χ1) is 9.97. The summed E-state index contributed by atoms with van der Waals surface area (Å²) in [4.78, 5) is 24.6. The average Bonchev–Trinajstić information content (AvgIpc) is 2.88. The first-order valence-corrected chi connectivity index (χ1v) is 8.44. The Morgan fingerprint density at radius 1 is 1.09 bits per heavy atom. The van der Waals surface area contributed by atoms with Gasteiger partial charge in [-0.25, -0.2) is 0 Å². The minimum Gasteiger partial charge on any atom is -0.455 e. The van der Waals surface area contributed by atoms with Crippen LogP contribution in [0.4, 0.5) is 0 Å². The van der Waals surface area contributed by atoms with Gasteiger partial charge in [-0.05, 0) is 59.8 Å². The molecule has 0 radical (unpaired) electrons. The molecule has 1 saturated carbocycles. The number of carbonyl (C=O) groups excluding carboxylic acids is 2. The molecule has 1 aliphatic carbocycles. The van der Waals surface area contributed by atoms with Crippen molar-refractivity contribution in [2.24, 2.45) is 11.3 Å². The van der Waals surface area contributed by atoms with E-state index in [0.717, 1.165) is 25.7 Å². The van der Waals surface area contributed by atoms with E-state index < -0.39 is 16.6 Å². The molecular formula is C18H32O4. The summed E-state index contributed by atoms with van der Waals surface area (Å²) in [5.74, 6) is -0.645. The quantitative estimate of drug-likeness (QED) is 0.688. The lowest BCUT2D eigenvalue weighted by atomic mass is 9.82. The molecule has 0 aromatic carbocycles.